The van der Waals surface area contributed by atoms with Gasteiger partial charge in [0.25, 0.3) is 0 Å². The number of nitrogens with one attached hydrogen (secondary N) is 1. The fourth-order valence-electron chi connectivity index (χ4n) is 1.71. The largest absolute Gasteiger partial charge is 0.311 e. The van der Waals surface area contributed by atoms with Crippen LogP contribution >= 0.6 is 0 Å². The van der Waals surface area contributed by atoms with Crippen molar-refractivity contribution in [3.05, 3.63) is 35.1 Å². The van der Waals surface area contributed by atoms with E-state index < -0.39 is 17.5 Å². The molecule has 1 aromatic carbocycles. The van der Waals surface area contributed by atoms with Crippen molar-refractivity contribution in [3.8, 4) is 0 Å². The second-order valence-electron chi connectivity index (χ2n) is 4.77. The quantitative estimate of drug-likeness (QED) is 0.607. The normalized spacial score (nSPS) is 13.0. The Morgan fingerprint density at radius 3 is 2.42 bits per heavy atom. The van der Waals surface area contributed by atoms with Gasteiger partial charge in [0.15, 0.2) is 11.6 Å². The van der Waals surface area contributed by atoms with E-state index >= 15 is 0 Å². The van der Waals surface area contributed by atoms with Crippen LogP contribution in [0.15, 0.2) is 12.1 Å². The number of benzene rings is 1. The van der Waals surface area contributed by atoms with Gasteiger partial charge in [-0.2, -0.15) is 0 Å². The van der Waals surface area contributed by atoms with Gasteiger partial charge in [0.1, 0.15) is 5.82 Å². The highest BCUT2D eigenvalue weighted by Gasteiger charge is 2.10. The van der Waals surface area contributed by atoms with Gasteiger partial charge in [0.05, 0.1) is 0 Å². The van der Waals surface area contributed by atoms with E-state index in [0.29, 0.717) is 18.7 Å². The van der Waals surface area contributed by atoms with Gasteiger partial charge in [-0.05, 0) is 26.5 Å². The molecule has 1 N–H and O–H groups in total. The Morgan fingerprint density at radius 2 is 1.79 bits per heavy atom. The van der Waals surface area contributed by atoms with Gasteiger partial charge in [-0.15, -0.1) is 0 Å². The Balaban J connectivity index is 2.40. The first-order valence-corrected chi connectivity index (χ1v) is 6.50. The van der Waals surface area contributed by atoms with Crippen LogP contribution in [0.4, 0.5) is 13.2 Å². The minimum Gasteiger partial charge on any atom is -0.311 e. The first-order chi connectivity index (χ1) is 8.95. The Labute approximate surface area is 112 Å². The lowest BCUT2D eigenvalue weighted by molar-refractivity contribution is 0.251. The minimum absolute atomic E-state index is 0.144. The van der Waals surface area contributed by atoms with E-state index in [1.54, 1.807) is 0 Å². The van der Waals surface area contributed by atoms with Crippen molar-refractivity contribution in [2.24, 2.45) is 0 Å². The van der Waals surface area contributed by atoms with Crippen LogP contribution in [0, 0.1) is 17.5 Å². The van der Waals surface area contributed by atoms with Crippen LogP contribution in [0.25, 0.3) is 0 Å². The molecule has 1 rings (SSSR count). The van der Waals surface area contributed by atoms with Gasteiger partial charge in [-0.3, -0.25) is 0 Å². The van der Waals surface area contributed by atoms with E-state index in [-0.39, 0.29) is 12.1 Å². The molecule has 5 heteroatoms. The third-order valence-corrected chi connectivity index (χ3v) is 3.39. The van der Waals surface area contributed by atoms with Crippen molar-refractivity contribution in [1.29, 1.82) is 0 Å². The zero-order chi connectivity index (χ0) is 14.4. The summed E-state index contributed by atoms with van der Waals surface area (Å²) in [7, 11) is 2.02. The van der Waals surface area contributed by atoms with E-state index in [4.69, 9.17) is 0 Å². The van der Waals surface area contributed by atoms with Gasteiger partial charge < -0.3 is 10.2 Å². The number of rotatable bonds is 7. The maximum Gasteiger partial charge on any atom is 0.161 e. The first kappa shape index (κ1) is 16.0. The molecule has 0 amide bonds. The molecule has 19 heavy (non-hydrogen) atoms. The zero-order valence-electron chi connectivity index (χ0n) is 11.6. The molecule has 0 saturated carbocycles. The molecule has 0 fully saturated rings. The predicted octanol–water partition coefficient (Wildman–Crippen LogP) is 2.92. The molecule has 0 saturated heterocycles. The number of nitrogens with zero attached hydrogens (tertiary/aromatic N) is 1. The first-order valence-electron chi connectivity index (χ1n) is 6.50. The third kappa shape index (κ3) is 4.84. The monoisotopic (exact) mass is 274 g/mol. The summed E-state index contributed by atoms with van der Waals surface area (Å²) in [6.07, 6.45) is 1.06. The lowest BCUT2D eigenvalue weighted by Crippen LogP contribution is -2.34. The minimum atomic E-state index is -1.15. The van der Waals surface area contributed by atoms with Gasteiger partial charge in [-0.1, -0.05) is 6.92 Å². The van der Waals surface area contributed by atoms with Crippen LogP contribution in [-0.4, -0.2) is 31.1 Å². The van der Waals surface area contributed by atoms with E-state index in [1.807, 2.05) is 7.05 Å². The van der Waals surface area contributed by atoms with Gasteiger partial charge in [0, 0.05) is 37.3 Å². The number of halogens is 3. The third-order valence-electron chi connectivity index (χ3n) is 3.39. The van der Waals surface area contributed by atoms with Crippen molar-refractivity contribution in [2.75, 3.05) is 20.1 Å². The summed E-state index contributed by atoms with van der Waals surface area (Å²) in [6, 6.07) is 1.97. The molecule has 108 valence electrons. The van der Waals surface area contributed by atoms with Crippen LogP contribution in [-0.2, 0) is 6.54 Å². The summed E-state index contributed by atoms with van der Waals surface area (Å²) in [5.74, 6) is -2.89. The average Bonchev–Trinajstić information content (AvgIpc) is 2.38. The lowest BCUT2D eigenvalue weighted by Gasteiger charge is -2.23. The highest BCUT2D eigenvalue weighted by molar-refractivity contribution is 5.19. The Morgan fingerprint density at radius 1 is 1.16 bits per heavy atom. The predicted molar refractivity (Wildman–Crippen MR) is 70.4 cm³/mol. The molecule has 1 aromatic rings. The fraction of sp³-hybridized carbons (Fsp3) is 0.571. The summed E-state index contributed by atoms with van der Waals surface area (Å²) in [5.41, 5.74) is 0.144. The highest BCUT2D eigenvalue weighted by Crippen LogP contribution is 2.13. The standard InChI is InChI=1S/C14H21F3N2/c1-4-10(2)19(3)6-5-18-9-11-7-13(16)14(17)8-12(11)15/h7-8,10,18H,4-6,9H2,1-3H3. The van der Waals surface area contributed by atoms with Gasteiger partial charge in [-0.25, -0.2) is 13.2 Å². The molecule has 0 aromatic heterocycles. The highest BCUT2D eigenvalue weighted by atomic mass is 19.2. The van der Waals surface area contributed by atoms with Crippen molar-refractivity contribution in [2.45, 2.75) is 32.9 Å². The summed E-state index contributed by atoms with van der Waals surface area (Å²) in [4.78, 5) is 2.19. The average molecular weight is 274 g/mol. The molecular weight excluding hydrogens is 253 g/mol. The van der Waals surface area contributed by atoms with Crippen molar-refractivity contribution in [1.82, 2.24) is 10.2 Å². The van der Waals surface area contributed by atoms with Crippen molar-refractivity contribution in [3.63, 3.8) is 0 Å². The Hall–Kier alpha value is -1.07. The molecule has 0 bridgehead atoms. The second kappa shape index (κ2) is 7.50. The van der Waals surface area contributed by atoms with Gasteiger partial charge >= 0.3 is 0 Å². The van der Waals surface area contributed by atoms with Gasteiger partial charge in [0.2, 0.25) is 0 Å². The van der Waals surface area contributed by atoms with Crippen molar-refractivity contribution >= 4 is 0 Å². The molecule has 1 unspecified atom stereocenters. The molecule has 0 aliphatic heterocycles. The topological polar surface area (TPSA) is 15.3 Å². The SMILES string of the molecule is CCC(C)N(C)CCNCc1cc(F)c(F)cc1F. The fourth-order valence-corrected chi connectivity index (χ4v) is 1.71. The molecular formula is C14H21F3N2. The van der Waals surface area contributed by atoms with Crippen LogP contribution < -0.4 is 5.32 Å². The Bertz CT molecular complexity index is 410. The number of hydrogen-bond donors (Lipinski definition) is 1. The maximum atomic E-state index is 13.3. The van der Waals surface area contributed by atoms with Crippen molar-refractivity contribution < 1.29 is 13.2 Å². The Kier molecular flexibility index (Phi) is 6.31. The molecule has 0 radical (unpaired) electrons. The molecule has 0 spiro atoms. The molecule has 0 heterocycles. The van der Waals surface area contributed by atoms with Crippen LogP contribution in [0.2, 0.25) is 0 Å². The second-order valence-corrected chi connectivity index (χ2v) is 4.77. The molecule has 2 nitrogen and oxygen atoms in total. The van der Waals surface area contributed by atoms with E-state index in [2.05, 4.69) is 24.1 Å². The number of hydrogen-bond acceptors (Lipinski definition) is 2. The van der Waals surface area contributed by atoms with E-state index in [0.717, 1.165) is 19.0 Å². The van der Waals surface area contributed by atoms with E-state index in [9.17, 15) is 13.2 Å². The van der Waals surface area contributed by atoms with Crippen LogP contribution in [0.5, 0.6) is 0 Å². The maximum absolute atomic E-state index is 13.3. The smallest absolute Gasteiger partial charge is 0.161 e. The summed E-state index contributed by atoms with van der Waals surface area (Å²) in [5, 5.41) is 3.03. The molecule has 0 aliphatic rings. The number of likely N-dealkylation sites (N-methyl/N-ethyl adjacent to an activating group) is 1. The van der Waals surface area contributed by atoms with E-state index in [1.165, 1.54) is 0 Å². The molecule has 1 atom stereocenters. The zero-order valence-corrected chi connectivity index (χ0v) is 11.6. The summed E-state index contributed by atoms with van der Waals surface area (Å²) >= 11 is 0. The van der Waals surface area contributed by atoms with Crippen LogP contribution in [0.3, 0.4) is 0 Å². The van der Waals surface area contributed by atoms with Crippen LogP contribution in [0.1, 0.15) is 25.8 Å². The lowest BCUT2D eigenvalue weighted by atomic mass is 10.2. The summed E-state index contributed by atoms with van der Waals surface area (Å²) in [6.45, 7) is 5.93. The summed E-state index contributed by atoms with van der Waals surface area (Å²) < 4.78 is 39.1. The molecule has 0 aliphatic carbocycles.